The van der Waals surface area contributed by atoms with Crippen molar-refractivity contribution < 1.29 is 0 Å². The van der Waals surface area contributed by atoms with Crippen molar-refractivity contribution in [2.45, 2.75) is 96.3 Å². The van der Waals surface area contributed by atoms with E-state index in [0.29, 0.717) is 17.5 Å². The number of guanidine groups is 1. The molecule has 1 fully saturated rings. The molecule has 1 unspecified atom stereocenters. The summed E-state index contributed by atoms with van der Waals surface area (Å²) in [7, 11) is 1.84. The van der Waals surface area contributed by atoms with Crippen LogP contribution in [0.3, 0.4) is 0 Å². The van der Waals surface area contributed by atoms with Gasteiger partial charge < -0.3 is 15.2 Å². The van der Waals surface area contributed by atoms with Gasteiger partial charge in [-0.3, -0.25) is 4.99 Å². The monoisotopic (exact) mass is 408 g/mol. The standard InChI is InChI=1S/C21H40N6S/c1-16(13-14-21(2,3)4)24-19(22-5)23-15-9-12-18-25-26-20(28-6)27(18)17-10-7-8-11-17/h16-17H,7-15H2,1-6H3,(H2,22,23,24). The van der Waals surface area contributed by atoms with Crippen LogP contribution in [-0.4, -0.2) is 46.6 Å². The second-order valence-electron chi connectivity index (χ2n) is 9.16. The molecule has 7 heteroatoms. The van der Waals surface area contributed by atoms with Crippen LogP contribution >= 0.6 is 11.8 Å². The minimum absolute atomic E-state index is 0.373. The van der Waals surface area contributed by atoms with Crippen molar-refractivity contribution in [3.63, 3.8) is 0 Å². The van der Waals surface area contributed by atoms with Gasteiger partial charge in [-0.05, 0) is 50.7 Å². The zero-order chi connectivity index (χ0) is 20.6. The molecule has 6 nitrogen and oxygen atoms in total. The number of aliphatic imine (C=N–C) groups is 1. The van der Waals surface area contributed by atoms with Gasteiger partial charge in [0.25, 0.3) is 0 Å². The highest BCUT2D eigenvalue weighted by molar-refractivity contribution is 7.98. The Kier molecular flexibility index (Phi) is 9.12. The fourth-order valence-electron chi connectivity index (χ4n) is 3.75. The number of thioether (sulfide) groups is 1. The summed E-state index contributed by atoms with van der Waals surface area (Å²) < 4.78 is 2.40. The zero-order valence-electron chi connectivity index (χ0n) is 18.7. The normalized spacial score (nSPS) is 17.1. The molecule has 2 rings (SSSR count). The van der Waals surface area contributed by atoms with Gasteiger partial charge in [-0.25, -0.2) is 0 Å². The van der Waals surface area contributed by atoms with Crippen LogP contribution in [0.4, 0.5) is 0 Å². The first-order chi connectivity index (χ1) is 13.3. The lowest BCUT2D eigenvalue weighted by molar-refractivity contribution is 0.346. The maximum atomic E-state index is 4.48. The van der Waals surface area contributed by atoms with Crippen LogP contribution in [0.5, 0.6) is 0 Å². The van der Waals surface area contributed by atoms with Crippen molar-refractivity contribution in [2.24, 2.45) is 10.4 Å². The fraction of sp³-hybridized carbons (Fsp3) is 0.857. The molecule has 0 radical (unpaired) electrons. The highest BCUT2D eigenvalue weighted by Gasteiger charge is 2.23. The number of rotatable bonds is 9. The van der Waals surface area contributed by atoms with E-state index < -0.39 is 0 Å². The number of hydrogen-bond acceptors (Lipinski definition) is 4. The molecule has 1 saturated carbocycles. The van der Waals surface area contributed by atoms with Gasteiger partial charge in [-0.15, -0.1) is 10.2 Å². The van der Waals surface area contributed by atoms with E-state index in [0.717, 1.165) is 42.7 Å². The second-order valence-corrected chi connectivity index (χ2v) is 9.93. The van der Waals surface area contributed by atoms with E-state index in [1.807, 2.05) is 7.05 Å². The highest BCUT2D eigenvalue weighted by Crippen LogP contribution is 2.33. The number of aryl methyl sites for hydroxylation is 1. The van der Waals surface area contributed by atoms with Gasteiger partial charge in [0.15, 0.2) is 11.1 Å². The molecule has 0 amide bonds. The van der Waals surface area contributed by atoms with E-state index >= 15 is 0 Å². The van der Waals surface area contributed by atoms with Gasteiger partial charge in [-0.2, -0.15) is 0 Å². The minimum Gasteiger partial charge on any atom is -0.356 e. The van der Waals surface area contributed by atoms with Crippen LogP contribution in [0.1, 0.15) is 84.5 Å². The molecular weight excluding hydrogens is 368 g/mol. The summed E-state index contributed by atoms with van der Waals surface area (Å²) in [4.78, 5) is 4.37. The Hall–Kier alpha value is -1.24. The lowest BCUT2D eigenvalue weighted by Crippen LogP contribution is -2.42. The summed E-state index contributed by atoms with van der Waals surface area (Å²) in [5.41, 5.74) is 0.373. The molecule has 160 valence electrons. The third-order valence-corrected chi connectivity index (χ3v) is 6.05. The smallest absolute Gasteiger partial charge is 0.191 e. The van der Waals surface area contributed by atoms with Gasteiger partial charge in [-0.1, -0.05) is 45.4 Å². The Labute approximate surface area is 175 Å². The highest BCUT2D eigenvalue weighted by atomic mass is 32.2. The van der Waals surface area contributed by atoms with Gasteiger partial charge in [0.1, 0.15) is 5.82 Å². The molecule has 1 heterocycles. The van der Waals surface area contributed by atoms with Crippen molar-refractivity contribution >= 4 is 17.7 Å². The maximum absolute atomic E-state index is 4.48. The van der Waals surface area contributed by atoms with E-state index in [1.54, 1.807) is 11.8 Å². The lowest BCUT2D eigenvalue weighted by atomic mass is 9.89. The van der Waals surface area contributed by atoms with Crippen LogP contribution in [-0.2, 0) is 6.42 Å². The third kappa shape index (κ3) is 7.30. The number of aromatic nitrogens is 3. The summed E-state index contributed by atoms with van der Waals surface area (Å²) in [6, 6.07) is 1.01. The van der Waals surface area contributed by atoms with Gasteiger partial charge in [0, 0.05) is 32.1 Å². The van der Waals surface area contributed by atoms with Crippen molar-refractivity contribution in [1.82, 2.24) is 25.4 Å². The largest absolute Gasteiger partial charge is 0.356 e. The third-order valence-electron chi connectivity index (χ3n) is 5.41. The van der Waals surface area contributed by atoms with E-state index in [1.165, 1.54) is 32.1 Å². The van der Waals surface area contributed by atoms with E-state index in [9.17, 15) is 0 Å². The molecule has 1 atom stereocenters. The minimum atomic E-state index is 0.373. The van der Waals surface area contributed by atoms with Crippen LogP contribution in [0.25, 0.3) is 0 Å². The first kappa shape index (κ1) is 23.0. The Morgan fingerprint density at radius 1 is 1.29 bits per heavy atom. The molecule has 0 aliphatic heterocycles. The van der Waals surface area contributed by atoms with E-state index in [-0.39, 0.29) is 0 Å². The molecule has 1 aromatic rings. The molecule has 28 heavy (non-hydrogen) atoms. The Morgan fingerprint density at radius 2 is 2.00 bits per heavy atom. The number of nitrogens with one attached hydrogen (secondary N) is 2. The summed E-state index contributed by atoms with van der Waals surface area (Å²) in [5.74, 6) is 2.03. The summed E-state index contributed by atoms with van der Waals surface area (Å²) in [5, 5.41) is 16.9. The van der Waals surface area contributed by atoms with Crippen LogP contribution in [0.15, 0.2) is 10.1 Å². The zero-order valence-corrected chi connectivity index (χ0v) is 19.5. The van der Waals surface area contributed by atoms with E-state index in [4.69, 9.17) is 0 Å². The Morgan fingerprint density at radius 3 is 2.61 bits per heavy atom. The van der Waals surface area contributed by atoms with Crippen molar-refractivity contribution in [1.29, 1.82) is 0 Å². The molecular formula is C21H40N6S. The predicted molar refractivity (Wildman–Crippen MR) is 120 cm³/mol. The molecule has 1 aliphatic carbocycles. The SMILES string of the molecule is CN=C(NCCCc1nnc(SC)n1C1CCCC1)NC(C)CCC(C)(C)C. The second kappa shape index (κ2) is 11.1. The molecule has 1 aromatic heterocycles. The van der Waals surface area contributed by atoms with Crippen LogP contribution in [0.2, 0.25) is 0 Å². The van der Waals surface area contributed by atoms with Crippen molar-refractivity contribution in [3.8, 4) is 0 Å². The maximum Gasteiger partial charge on any atom is 0.191 e. The summed E-state index contributed by atoms with van der Waals surface area (Å²) in [6.45, 7) is 9.99. The molecule has 0 bridgehead atoms. The fourth-order valence-corrected chi connectivity index (χ4v) is 4.32. The molecule has 0 saturated heterocycles. The van der Waals surface area contributed by atoms with Gasteiger partial charge in [0.2, 0.25) is 0 Å². The summed E-state index contributed by atoms with van der Waals surface area (Å²) in [6.07, 6.45) is 11.6. The predicted octanol–water partition coefficient (Wildman–Crippen LogP) is 4.43. The van der Waals surface area contributed by atoms with Crippen LogP contribution in [0, 0.1) is 5.41 Å². The Bertz CT molecular complexity index is 613. The quantitative estimate of drug-likeness (QED) is 0.274. The molecule has 2 N–H and O–H groups in total. The average Bonchev–Trinajstić information content (AvgIpc) is 3.30. The number of hydrogen-bond donors (Lipinski definition) is 2. The number of nitrogens with zero attached hydrogens (tertiary/aromatic N) is 4. The summed E-state index contributed by atoms with van der Waals surface area (Å²) >= 11 is 1.71. The molecule has 0 aromatic carbocycles. The average molecular weight is 409 g/mol. The van der Waals surface area contributed by atoms with Gasteiger partial charge >= 0.3 is 0 Å². The van der Waals surface area contributed by atoms with Gasteiger partial charge in [0.05, 0.1) is 0 Å². The van der Waals surface area contributed by atoms with Crippen molar-refractivity contribution in [3.05, 3.63) is 5.82 Å². The molecule has 1 aliphatic rings. The Balaban J connectivity index is 1.78. The van der Waals surface area contributed by atoms with Crippen LogP contribution < -0.4 is 10.6 Å². The van der Waals surface area contributed by atoms with Crippen molar-refractivity contribution in [2.75, 3.05) is 19.8 Å². The first-order valence-electron chi connectivity index (χ1n) is 10.8. The topological polar surface area (TPSA) is 67.1 Å². The first-order valence-corrected chi connectivity index (χ1v) is 12.0. The lowest BCUT2D eigenvalue weighted by Gasteiger charge is -2.23. The molecule has 0 spiro atoms. The van der Waals surface area contributed by atoms with E-state index in [2.05, 4.69) is 64.3 Å².